The predicted octanol–water partition coefficient (Wildman–Crippen LogP) is 4.44. The van der Waals surface area contributed by atoms with Gasteiger partial charge in [0.05, 0.1) is 10.5 Å². The minimum Gasteiger partial charge on any atom is -0.324 e. The van der Waals surface area contributed by atoms with Crippen molar-refractivity contribution in [2.75, 3.05) is 5.32 Å². The van der Waals surface area contributed by atoms with Crippen LogP contribution in [0.3, 0.4) is 0 Å². The number of anilines is 1. The van der Waals surface area contributed by atoms with Gasteiger partial charge in [0.15, 0.2) is 0 Å². The highest BCUT2D eigenvalue weighted by molar-refractivity contribution is 9.10. The van der Waals surface area contributed by atoms with Crippen molar-refractivity contribution in [1.29, 1.82) is 0 Å². The third kappa shape index (κ3) is 3.75. The fraction of sp³-hybridized carbons (Fsp3) is 0.500. The molecule has 0 bridgehead atoms. The van der Waals surface area contributed by atoms with E-state index in [1.54, 1.807) is 0 Å². The van der Waals surface area contributed by atoms with Crippen molar-refractivity contribution in [1.82, 2.24) is 0 Å². The largest absolute Gasteiger partial charge is 0.324 e. The summed E-state index contributed by atoms with van der Waals surface area (Å²) in [5.74, 6) is 0.00877. The average Bonchev–Trinajstić information content (AvgIpc) is 2.84. The fourth-order valence-electron chi connectivity index (χ4n) is 2.09. The lowest BCUT2D eigenvalue weighted by atomic mass is 10.3. The Balaban J connectivity index is 2.07. The van der Waals surface area contributed by atoms with Gasteiger partial charge < -0.3 is 5.32 Å². The van der Waals surface area contributed by atoms with E-state index in [1.165, 1.54) is 30.6 Å². The second kappa shape index (κ2) is 6.62. The van der Waals surface area contributed by atoms with Gasteiger partial charge in [0, 0.05) is 10.1 Å². The van der Waals surface area contributed by atoms with Gasteiger partial charge in [-0.2, -0.15) is 0 Å². The highest BCUT2D eigenvalue weighted by Gasteiger charge is 2.18. The molecule has 2 nitrogen and oxygen atoms in total. The van der Waals surface area contributed by atoms with Crippen molar-refractivity contribution < 1.29 is 4.79 Å². The van der Waals surface area contributed by atoms with Crippen LogP contribution in [0.5, 0.6) is 0 Å². The molecule has 0 aromatic heterocycles. The van der Waals surface area contributed by atoms with E-state index in [4.69, 9.17) is 0 Å². The van der Waals surface area contributed by atoms with Crippen molar-refractivity contribution in [3.8, 4) is 0 Å². The maximum atomic E-state index is 11.7. The minimum atomic E-state index is -0.165. The number of halogens is 1. The normalized spacial score (nSPS) is 17.7. The van der Waals surface area contributed by atoms with Crippen molar-refractivity contribution in [2.45, 2.75) is 47.6 Å². The molecule has 1 aliphatic carbocycles. The molecule has 1 saturated carbocycles. The topological polar surface area (TPSA) is 29.1 Å². The van der Waals surface area contributed by atoms with Gasteiger partial charge in [0.2, 0.25) is 5.91 Å². The number of thioether (sulfide) groups is 1. The van der Waals surface area contributed by atoms with Gasteiger partial charge in [0.1, 0.15) is 0 Å². The molecule has 1 aromatic carbocycles. The zero-order valence-corrected chi connectivity index (χ0v) is 12.9. The van der Waals surface area contributed by atoms with E-state index in [2.05, 4.69) is 27.3 Å². The summed E-state index contributed by atoms with van der Waals surface area (Å²) in [6.07, 6.45) is 5.26. The van der Waals surface area contributed by atoms with Crippen molar-refractivity contribution in [3.05, 3.63) is 24.3 Å². The molecular weight excluding hydrogens is 310 g/mol. The Labute approximate surface area is 121 Å². The SMILES string of the molecule is CC(Br)C(=O)Nc1ccccc1SC1CCCC1. The zero-order valence-electron chi connectivity index (χ0n) is 10.5. The van der Waals surface area contributed by atoms with Gasteiger partial charge in [-0.05, 0) is 31.9 Å². The lowest BCUT2D eigenvalue weighted by Crippen LogP contribution is -2.20. The van der Waals surface area contributed by atoms with Crippen LogP contribution in [0.25, 0.3) is 0 Å². The van der Waals surface area contributed by atoms with E-state index < -0.39 is 0 Å². The Morgan fingerprint density at radius 2 is 2.06 bits per heavy atom. The lowest BCUT2D eigenvalue weighted by Gasteiger charge is -2.14. The van der Waals surface area contributed by atoms with Gasteiger partial charge in [0.25, 0.3) is 0 Å². The molecule has 1 aliphatic rings. The maximum absolute atomic E-state index is 11.7. The second-order valence-corrected chi connectivity index (χ2v) is 7.34. The molecule has 1 aromatic rings. The molecule has 0 saturated heterocycles. The number of rotatable bonds is 4. The maximum Gasteiger partial charge on any atom is 0.237 e. The molecule has 0 radical (unpaired) electrons. The van der Waals surface area contributed by atoms with Crippen LogP contribution in [0.4, 0.5) is 5.69 Å². The van der Waals surface area contributed by atoms with Gasteiger partial charge >= 0.3 is 0 Å². The smallest absolute Gasteiger partial charge is 0.237 e. The Bertz CT molecular complexity index is 416. The number of para-hydroxylation sites is 1. The van der Waals surface area contributed by atoms with Crippen molar-refractivity contribution >= 4 is 39.3 Å². The Morgan fingerprint density at radius 1 is 1.39 bits per heavy atom. The summed E-state index contributed by atoms with van der Waals surface area (Å²) in [4.78, 5) is 12.8. The lowest BCUT2D eigenvalue weighted by molar-refractivity contribution is -0.115. The van der Waals surface area contributed by atoms with E-state index in [0.717, 1.165) is 5.69 Å². The summed E-state index contributed by atoms with van der Waals surface area (Å²) in [6, 6.07) is 8.07. The van der Waals surface area contributed by atoms with E-state index in [9.17, 15) is 4.79 Å². The Morgan fingerprint density at radius 3 is 2.72 bits per heavy atom. The monoisotopic (exact) mass is 327 g/mol. The predicted molar refractivity (Wildman–Crippen MR) is 81.6 cm³/mol. The van der Waals surface area contributed by atoms with E-state index in [1.807, 2.05) is 36.9 Å². The van der Waals surface area contributed by atoms with Crippen LogP contribution >= 0.6 is 27.7 Å². The van der Waals surface area contributed by atoms with Crippen LogP contribution in [0.15, 0.2) is 29.2 Å². The molecule has 0 spiro atoms. The van der Waals surface area contributed by atoms with Crippen LogP contribution < -0.4 is 5.32 Å². The van der Waals surface area contributed by atoms with Gasteiger partial charge in [-0.1, -0.05) is 40.9 Å². The number of carbonyl (C=O) groups excluding carboxylic acids is 1. The third-order valence-electron chi connectivity index (χ3n) is 3.10. The van der Waals surface area contributed by atoms with Crippen molar-refractivity contribution in [2.24, 2.45) is 0 Å². The minimum absolute atomic E-state index is 0.00877. The molecule has 1 atom stereocenters. The van der Waals surface area contributed by atoms with Gasteiger partial charge in [-0.3, -0.25) is 4.79 Å². The highest BCUT2D eigenvalue weighted by atomic mass is 79.9. The van der Waals surface area contributed by atoms with Crippen LogP contribution in [0, 0.1) is 0 Å². The first-order valence-electron chi connectivity index (χ1n) is 6.37. The number of carbonyl (C=O) groups is 1. The highest BCUT2D eigenvalue weighted by Crippen LogP contribution is 2.38. The first-order chi connectivity index (χ1) is 8.66. The van der Waals surface area contributed by atoms with Crippen LogP contribution in [0.1, 0.15) is 32.6 Å². The third-order valence-corrected chi connectivity index (χ3v) is 4.93. The summed E-state index contributed by atoms with van der Waals surface area (Å²) in [5, 5.41) is 3.69. The molecule has 0 aliphatic heterocycles. The summed E-state index contributed by atoms with van der Waals surface area (Å²) in [6.45, 7) is 1.84. The van der Waals surface area contributed by atoms with Crippen molar-refractivity contribution in [3.63, 3.8) is 0 Å². The van der Waals surface area contributed by atoms with E-state index >= 15 is 0 Å². The Hall–Kier alpha value is -0.480. The molecule has 1 N–H and O–H groups in total. The Kier molecular flexibility index (Phi) is 5.13. The molecule has 18 heavy (non-hydrogen) atoms. The van der Waals surface area contributed by atoms with Crippen LogP contribution in [-0.2, 0) is 4.79 Å². The van der Waals surface area contributed by atoms with E-state index in [0.29, 0.717) is 5.25 Å². The first-order valence-corrected chi connectivity index (χ1v) is 8.17. The molecule has 0 heterocycles. The molecule has 1 fully saturated rings. The number of benzene rings is 1. The standard InChI is InChI=1S/C14H18BrNOS/c1-10(15)14(17)16-12-8-4-5-9-13(12)18-11-6-2-3-7-11/h4-5,8-11H,2-3,6-7H2,1H3,(H,16,17). The molecule has 98 valence electrons. The fourth-order valence-corrected chi connectivity index (χ4v) is 3.54. The van der Waals surface area contributed by atoms with Crippen LogP contribution in [-0.4, -0.2) is 16.0 Å². The summed E-state index contributed by atoms with van der Waals surface area (Å²) in [5.41, 5.74) is 0.936. The molecule has 1 amide bonds. The van der Waals surface area contributed by atoms with Gasteiger partial charge in [-0.25, -0.2) is 0 Å². The quantitative estimate of drug-likeness (QED) is 0.828. The summed E-state index contributed by atoms with van der Waals surface area (Å²) in [7, 11) is 0. The van der Waals surface area contributed by atoms with E-state index in [-0.39, 0.29) is 10.7 Å². The van der Waals surface area contributed by atoms with Gasteiger partial charge in [-0.15, -0.1) is 11.8 Å². The number of hydrogen-bond donors (Lipinski definition) is 1. The number of amides is 1. The zero-order chi connectivity index (χ0) is 13.0. The molecule has 4 heteroatoms. The molecule has 2 rings (SSSR count). The first kappa shape index (κ1) is 13.9. The van der Waals surface area contributed by atoms with Crippen LogP contribution in [0.2, 0.25) is 0 Å². The molecular formula is C14H18BrNOS. The second-order valence-electron chi connectivity index (χ2n) is 4.63. The molecule has 1 unspecified atom stereocenters. The average molecular weight is 328 g/mol. The summed E-state index contributed by atoms with van der Waals surface area (Å²) >= 11 is 5.19. The number of alkyl halides is 1. The number of hydrogen-bond acceptors (Lipinski definition) is 2. The number of nitrogens with one attached hydrogen (secondary N) is 1. The summed E-state index contributed by atoms with van der Waals surface area (Å²) < 4.78 is 0.